The number of urea groups is 1. The number of halogens is 3. The van der Waals surface area contributed by atoms with Crippen molar-refractivity contribution < 1.29 is 22.7 Å². The normalized spacial score (nSPS) is 15.6. The van der Waals surface area contributed by atoms with Gasteiger partial charge in [0.1, 0.15) is 5.75 Å². The molecule has 0 radical (unpaired) electrons. The molecule has 7 heteroatoms. The van der Waals surface area contributed by atoms with Crippen LogP contribution in [-0.4, -0.2) is 30.4 Å². The summed E-state index contributed by atoms with van der Waals surface area (Å²) in [4.78, 5) is 13.4. The number of amides is 2. The molecule has 0 atom stereocenters. The number of rotatable bonds is 4. The highest BCUT2D eigenvalue weighted by atomic mass is 19.4. The van der Waals surface area contributed by atoms with Crippen LogP contribution in [-0.2, 0) is 6.54 Å². The van der Waals surface area contributed by atoms with E-state index < -0.39 is 6.36 Å². The summed E-state index contributed by atoms with van der Waals surface area (Å²) in [5.74, 6) is -0.282. The average Bonchev–Trinajstić information content (AvgIpc) is 2.92. The molecule has 4 nitrogen and oxygen atoms in total. The van der Waals surface area contributed by atoms with E-state index in [1.807, 2.05) is 0 Å². The lowest BCUT2D eigenvalue weighted by molar-refractivity contribution is -0.274. The SMILES string of the molecule is CN(Cc1ccccc1OC(F)(F)F)C(=O)NC1CCCC1. The molecule has 0 aliphatic heterocycles. The first kappa shape index (κ1) is 16.5. The van der Waals surface area contributed by atoms with Crippen molar-refractivity contribution in [3.8, 4) is 5.75 Å². The molecule has 0 bridgehead atoms. The molecule has 1 aromatic carbocycles. The van der Waals surface area contributed by atoms with Crippen LogP contribution in [0, 0.1) is 0 Å². The van der Waals surface area contributed by atoms with Crippen molar-refractivity contribution in [2.24, 2.45) is 0 Å². The van der Waals surface area contributed by atoms with E-state index in [4.69, 9.17) is 0 Å². The number of carbonyl (C=O) groups excluding carboxylic acids is 1. The van der Waals surface area contributed by atoms with Gasteiger partial charge in [0, 0.05) is 18.7 Å². The first-order chi connectivity index (χ1) is 10.3. The Bertz CT molecular complexity index is 514. The third kappa shape index (κ3) is 4.82. The molecule has 1 saturated carbocycles. The third-order valence-corrected chi connectivity index (χ3v) is 3.64. The average molecular weight is 316 g/mol. The molecular weight excluding hydrogens is 297 g/mol. The van der Waals surface area contributed by atoms with Crippen LogP contribution < -0.4 is 10.1 Å². The number of hydrogen-bond donors (Lipinski definition) is 1. The van der Waals surface area contributed by atoms with Crippen molar-refractivity contribution in [3.05, 3.63) is 29.8 Å². The standard InChI is InChI=1S/C15H19F3N2O2/c1-20(14(21)19-12-7-3-4-8-12)10-11-6-2-5-9-13(11)22-15(16,17)18/h2,5-6,9,12H,3-4,7-8,10H2,1H3,(H,19,21). The quantitative estimate of drug-likeness (QED) is 0.921. The highest BCUT2D eigenvalue weighted by Gasteiger charge is 2.32. The number of nitrogens with one attached hydrogen (secondary N) is 1. The second-order valence-corrected chi connectivity index (χ2v) is 5.44. The summed E-state index contributed by atoms with van der Waals surface area (Å²) in [6, 6.07) is 5.71. The largest absolute Gasteiger partial charge is 0.573 e. The minimum atomic E-state index is -4.75. The molecule has 22 heavy (non-hydrogen) atoms. The maximum Gasteiger partial charge on any atom is 0.573 e. The number of ether oxygens (including phenoxy) is 1. The number of benzene rings is 1. The van der Waals surface area contributed by atoms with Crippen molar-refractivity contribution in [2.45, 2.75) is 44.6 Å². The third-order valence-electron chi connectivity index (χ3n) is 3.64. The van der Waals surface area contributed by atoms with Gasteiger partial charge < -0.3 is 15.0 Å². The molecule has 0 aromatic heterocycles. The zero-order chi connectivity index (χ0) is 16.2. The fraction of sp³-hybridized carbons (Fsp3) is 0.533. The Balaban J connectivity index is 1.98. The minimum Gasteiger partial charge on any atom is -0.405 e. The van der Waals surface area contributed by atoms with E-state index in [2.05, 4.69) is 10.1 Å². The van der Waals surface area contributed by atoms with Crippen molar-refractivity contribution in [2.75, 3.05) is 7.05 Å². The van der Waals surface area contributed by atoms with Gasteiger partial charge in [0.15, 0.2) is 0 Å². The number of carbonyl (C=O) groups is 1. The van der Waals surface area contributed by atoms with Crippen molar-refractivity contribution >= 4 is 6.03 Å². The molecular formula is C15H19F3N2O2. The molecule has 2 amide bonds. The van der Waals surface area contributed by atoms with Crippen LogP contribution in [0.25, 0.3) is 0 Å². The molecule has 0 spiro atoms. The van der Waals surface area contributed by atoms with E-state index in [1.54, 1.807) is 13.1 Å². The summed E-state index contributed by atoms with van der Waals surface area (Å²) >= 11 is 0. The van der Waals surface area contributed by atoms with Crippen molar-refractivity contribution in [3.63, 3.8) is 0 Å². The molecule has 1 aliphatic rings. The zero-order valence-corrected chi connectivity index (χ0v) is 12.3. The Morgan fingerprint density at radius 1 is 1.32 bits per heavy atom. The predicted molar refractivity (Wildman–Crippen MR) is 75.4 cm³/mol. The van der Waals surface area contributed by atoms with Gasteiger partial charge in [0.25, 0.3) is 0 Å². The van der Waals surface area contributed by atoms with Gasteiger partial charge in [0.2, 0.25) is 0 Å². The maximum atomic E-state index is 12.4. The Labute approximate surface area is 127 Å². The van der Waals surface area contributed by atoms with E-state index in [0.717, 1.165) is 25.7 Å². The Kier molecular flexibility index (Phi) is 5.15. The molecule has 122 valence electrons. The molecule has 1 fully saturated rings. The van der Waals surface area contributed by atoms with E-state index in [9.17, 15) is 18.0 Å². The van der Waals surface area contributed by atoms with Gasteiger partial charge in [-0.25, -0.2) is 4.79 Å². The molecule has 0 heterocycles. The van der Waals surface area contributed by atoms with Crippen molar-refractivity contribution in [1.82, 2.24) is 10.2 Å². The van der Waals surface area contributed by atoms with Crippen LogP contribution in [0.3, 0.4) is 0 Å². The van der Waals surface area contributed by atoms with Gasteiger partial charge in [-0.2, -0.15) is 0 Å². The molecule has 0 saturated heterocycles. The lowest BCUT2D eigenvalue weighted by Gasteiger charge is -2.22. The highest BCUT2D eigenvalue weighted by Crippen LogP contribution is 2.27. The number of para-hydroxylation sites is 1. The molecule has 2 rings (SSSR count). The summed E-state index contributed by atoms with van der Waals surface area (Å²) < 4.78 is 41.1. The second-order valence-electron chi connectivity index (χ2n) is 5.44. The lowest BCUT2D eigenvalue weighted by Crippen LogP contribution is -2.41. The van der Waals surface area contributed by atoms with Crippen LogP contribution in [0.2, 0.25) is 0 Å². The smallest absolute Gasteiger partial charge is 0.405 e. The fourth-order valence-corrected chi connectivity index (χ4v) is 2.54. The first-order valence-corrected chi connectivity index (χ1v) is 7.20. The van der Waals surface area contributed by atoms with Gasteiger partial charge in [-0.3, -0.25) is 0 Å². The Morgan fingerprint density at radius 3 is 2.59 bits per heavy atom. The van der Waals surface area contributed by atoms with Crippen LogP contribution in [0.15, 0.2) is 24.3 Å². The van der Waals surface area contributed by atoms with E-state index >= 15 is 0 Å². The molecule has 1 aliphatic carbocycles. The van der Waals surface area contributed by atoms with E-state index in [1.165, 1.54) is 23.1 Å². The molecule has 1 aromatic rings. The topological polar surface area (TPSA) is 41.6 Å². The molecule has 0 unspecified atom stereocenters. The number of nitrogens with zero attached hydrogens (tertiary/aromatic N) is 1. The summed E-state index contributed by atoms with van der Waals surface area (Å²) in [6.45, 7) is 0.0464. The van der Waals surface area contributed by atoms with Crippen LogP contribution >= 0.6 is 0 Å². The summed E-state index contributed by atoms with van der Waals surface area (Å²) in [5.41, 5.74) is 0.309. The Hall–Kier alpha value is -1.92. The van der Waals surface area contributed by atoms with Crippen LogP contribution in [0.5, 0.6) is 5.75 Å². The van der Waals surface area contributed by atoms with Gasteiger partial charge in [-0.1, -0.05) is 31.0 Å². The molecule has 1 N–H and O–H groups in total. The lowest BCUT2D eigenvalue weighted by atomic mass is 10.2. The zero-order valence-electron chi connectivity index (χ0n) is 12.3. The van der Waals surface area contributed by atoms with E-state index in [0.29, 0.717) is 5.56 Å². The Morgan fingerprint density at radius 2 is 1.95 bits per heavy atom. The van der Waals surface area contributed by atoms with Gasteiger partial charge >= 0.3 is 12.4 Å². The maximum absolute atomic E-state index is 12.4. The summed E-state index contributed by atoms with van der Waals surface area (Å²) in [5, 5.41) is 2.89. The predicted octanol–water partition coefficient (Wildman–Crippen LogP) is 3.67. The summed E-state index contributed by atoms with van der Waals surface area (Å²) in [6.07, 6.45) is -0.657. The number of hydrogen-bond acceptors (Lipinski definition) is 2. The van der Waals surface area contributed by atoms with Crippen LogP contribution in [0.4, 0.5) is 18.0 Å². The van der Waals surface area contributed by atoms with Gasteiger partial charge in [-0.15, -0.1) is 13.2 Å². The highest BCUT2D eigenvalue weighted by molar-refractivity contribution is 5.74. The summed E-state index contributed by atoms with van der Waals surface area (Å²) in [7, 11) is 1.55. The fourth-order valence-electron chi connectivity index (χ4n) is 2.54. The second kappa shape index (κ2) is 6.89. The van der Waals surface area contributed by atoms with Crippen molar-refractivity contribution in [1.29, 1.82) is 0 Å². The van der Waals surface area contributed by atoms with Gasteiger partial charge in [0.05, 0.1) is 6.54 Å². The first-order valence-electron chi connectivity index (χ1n) is 7.20. The minimum absolute atomic E-state index is 0.0464. The number of alkyl halides is 3. The van der Waals surface area contributed by atoms with E-state index in [-0.39, 0.29) is 24.4 Å². The monoisotopic (exact) mass is 316 g/mol. The van der Waals surface area contributed by atoms with Crippen LogP contribution in [0.1, 0.15) is 31.2 Å². The van der Waals surface area contributed by atoms with Gasteiger partial charge in [-0.05, 0) is 18.9 Å².